The second kappa shape index (κ2) is 11.9. The number of nitrogens with one attached hydrogen (secondary N) is 2. The molecular weight excluding hydrogens is 478 g/mol. The number of rotatable bonds is 10. The van der Waals surface area contributed by atoms with Crippen LogP contribution in [0.15, 0.2) is 77.7 Å². The van der Waals surface area contributed by atoms with Crippen LogP contribution in [-0.4, -0.2) is 23.4 Å². The standard InChI is InChI=1S/C27H27N3O3S2/c1-3-8-24(31)28-19-11-14-21(15-12-19)34-25(18-9-6-5-7-10-18)26(32)30-27-29-22-16-13-20(33-4-2)17-23(22)35-27/h5-7,9-17,25H,3-4,8H2,1-2H3,(H,28,31)(H,29,30,32). The summed E-state index contributed by atoms with van der Waals surface area (Å²) in [6.45, 7) is 4.51. The molecule has 1 heterocycles. The number of carbonyl (C=O) groups is 2. The van der Waals surface area contributed by atoms with Gasteiger partial charge < -0.3 is 15.4 Å². The number of aromatic nitrogens is 1. The van der Waals surface area contributed by atoms with Crippen molar-refractivity contribution in [2.45, 2.75) is 36.8 Å². The summed E-state index contributed by atoms with van der Waals surface area (Å²) in [5.74, 6) is 0.637. The third kappa shape index (κ3) is 6.61. The van der Waals surface area contributed by atoms with Crippen LogP contribution >= 0.6 is 23.1 Å². The fourth-order valence-corrected chi connectivity index (χ4v) is 5.41. The molecule has 4 aromatic rings. The first-order valence-electron chi connectivity index (χ1n) is 11.5. The van der Waals surface area contributed by atoms with Crippen molar-refractivity contribution in [1.82, 2.24) is 4.98 Å². The van der Waals surface area contributed by atoms with Crippen molar-refractivity contribution in [2.75, 3.05) is 17.2 Å². The van der Waals surface area contributed by atoms with E-state index in [1.165, 1.54) is 23.1 Å². The Hall–Kier alpha value is -3.36. The van der Waals surface area contributed by atoms with Crippen molar-refractivity contribution in [1.29, 1.82) is 0 Å². The lowest BCUT2D eigenvalue weighted by atomic mass is 10.1. The van der Waals surface area contributed by atoms with E-state index in [1.807, 2.05) is 86.6 Å². The van der Waals surface area contributed by atoms with Crippen molar-refractivity contribution >= 4 is 55.9 Å². The van der Waals surface area contributed by atoms with Crippen molar-refractivity contribution < 1.29 is 14.3 Å². The normalized spacial score (nSPS) is 11.7. The second-order valence-electron chi connectivity index (χ2n) is 7.80. The SMILES string of the molecule is CCCC(=O)Nc1ccc(SC(C(=O)Nc2nc3ccc(OCC)cc3s2)c2ccccc2)cc1. The highest BCUT2D eigenvalue weighted by molar-refractivity contribution is 8.00. The number of ether oxygens (including phenoxy) is 1. The lowest BCUT2D eigenvalue weighted by Crippen LogP contribution is -2.18. The van der Waals surface area contributed by atoms with Gasteiger partial charge in [-0.2, -0.15) is 0 Å². The Bertz CT molecular complexity index is 1290. The van der Waals surface area contributed by atoms with E-state index >= 15 is 0 Å². The van der Waals surface area contributed by atoms with Gasteiger partial charge in [0.15, 0.2) is 5.13 Å². The van der Waals surface area contributed by atoms with Crippen LogP contribution in [0.3, 0.4) is 0 Å². The van der Waals surface area contributed by atoms with Crippen LogP contribution in [0.5, 0.6) is 5.75 Å². The summed E-state index contributed by atoms with van der Waals surface area (Å²) in [6, 6.07) is 23.0. The molecule has 0 spiro atoms. The number of anilines is 2. The zero-order valence-electron chi connectivity index (χ0n) is 19.6. The Labute approximate surface area is 213 Å². The van der Waals surface area contributed by atoms with E-state index in [-0.39, 0.29) is 11.8 Å². The van der Waals surface area contributed by atoms with Crippen LogP contribution in [0.25, 0.3) is 10.2 Å². The number of amides is 2. The average molecular weight is 506 g/mol. The molecule has 0 saturated carbocycles. The summed E-state index contributed by atoms with van der Waals surface area (Å²) in [5.41, 5.74) is 2.46. The van der Waals surface area contributed by atoms with Gasteiger partial charge in [-0.25, -0.2) is 4.98 Å². The van der Waals surface area contributed by atoms with Gasteiger partial charge in [-0.15, -0.1) is 11.8 Å². The lowest BCUT2D eigenvalue weighted by molar-refractivity contribution is -0.116. The number of hydrogen-bond donors (Lipinski definition) is 2. The minimum absolute atomic E-state index is 0.00125. The summed E-state index contributed by atoms with van der Waals surface area (Å²) in [6.07, 6.45) is 1.29. The van der Waals surface area contributed by atoms with E-state index in [4.69, 9.17) is 4.74 Å². The molecule has 4 rings (SSSR count). The van der Waals surface area contributed by atoms with E-state index in [1.54, 1.807) is 0 Å². The maximum atomic E-state index is 13.4. The molecule has 0 bridgehead atoms. The topological polar surface area (TPSA) is 80.3 Å². The highest BCUT2D eigenvalue weighted by Crippen LogP contribution is 2.37. The molecule has 1 atom stereocenters. The molecule has 0 aliphatic heterocycles. The van der Waals surface area contributed by atoms with E-state index in [0.717, 1.165) is 38.5 Å². The molecule has 0 fully saturated rings. The van der Waals surface area contributed by atoms with E-state index in [9.17, 15) is 9.59 Å². The first kappa shape index (κ1) is 24.8. The lowest BCUT2D eigenvalue weighted by Gasteiger charge is -2.16. The molecule has 2 N–H and O–H groups in total. The number of thioether (sulfide) groups is 1. The molecule has 0 aliphatic carbocycles. The third-order valence-corrected chi connectivity index (χ3v) is 7.31. The van der Waals surface area contributed by atoms with Crippen LogP contribution in [0, 0.1) is 0 Å². The maximum absolute atomic E-state index is 13.4. The predicted molar refractivity (Wildman–Crippen MR) is 144 cm³/mol. The molecule has 2 amide bonds. The summed E-state index contributed by atoms with van der Waals surface area (Å²) >= 11 is 2.88. The summed E-state index contributed by atoms with van der Waals surface area (Å²) in [4.78, 5) is 30.8. The third-order valence-electron chi connectivity index (χ3n) is 5.11. The molecule has 3 aromatic carbocycles. The van der Waals surface area contributed by atoms with Crippen LogP contribution in [0.2, 0.25) is 0 Å². The molecule has 0 aliphatic rings. The number of thiazole rings is 1. The van der Waals surface area contributed by atoms with Crippen molar-refractivity contribution in [2.24, 2.45) is 0 Å². The minimum Gasteiger partial charge on any atom is -0.494 e. The van der Waals surface area contributed by atoms with E-state index in [2.05, 4.69) is 15.6 Å². The Kier molecular flexibility index (Phi) is 8.39. The molecule has 180 valence electrons. The largest absolute Gasteiger partial charge is 0.494 e. The monoisotopic (exact) mass is 505 g/mol. The van der Waals surface area contributed by atoms with Crippen LogP contribution < -0.4 is 15.4 Å². The first-order chi connectivity index (χ1) is 17.1. The number of nitrogens with zero attached hydrogens (tertiary/aromatic N) is 1. The Morgan fingerprint density at radius 1 is 1.00 bits per heavy atom. The van der Waals surface area contributed by atoms with Gasteiger partial charge in [0.25, 0.3) is 0 Å². The minimum atomic E-state index is -0.470. The summed E-state index contributed by atoms with van der Waals surface area (Å²) < 4.78 is 6.53. The number of hydrogen-bond acceptors (Lipinski definition) is 6. The number of carbonyl (C=O) groups excluding carboxylic acids is 2. The van der Waals surface area contributed by atoms with Gasteiger partial charge in [-0.1, -0.05) is 48.6 Å². The maximum Gasteiger partial charge on any atom is 0.244 e. The Morgan fingerprint density at radius 2 is 1.77 bits per heavy atom. The van der Waals surface area contributed by atoms with Gasteiger partial charge in [-0.3, -0.25) is 9.59 Å². The van der Waals surface area contributed by atoms with Gasteiger partial charge in [-0.05, 0) is 61.4 Å². The van der Waals surface area contributed by atoms with Crippen molar-refractivity contribution in [3.8, 4) is 5.75 Å². The van der Waals surface area contributed by atoms with Gasteiger partial charge >= 0.3 is 0 Å². The van der Waals surface area contributed by atoms with E-state index in [0.29, 0.717) is 18.2 Å². The molecule has 6 nitrogen and oxygen atoms in total. The second-order valence-corrected chi connectivity index (χ2v) is 10.0. The molecule has 8 heteroatoms. The van der Waals surface area contributed by atoms with Crippen molar-refractivity contribution in [3.05, 3.63) is 78.4 Å². The highest BCUT2D eigenvalue weighted by atomic mass is 32.2. The van der Waals surface area contributed by atoms with Crippen LogP contribution in [0.1, 0.15) is 37.5 Å². The van der Waals surface area contributed by atoms with Gasteiger partial charge in [0.2, 0.25) is 11.8 Å². The molecule has 1 aromatic heterocycles. The Balaban J connectivity index is 1.51. The van der Waals surface area contributed by atoms with Crippen molar-refractivity contribution in [3.63, 3.8) is 0 Å². The molecule has 35 heavy (non-hydrogen) atoms. The zero-order chi connectivity index (χ0) is 24.6. The smallest absolute Gasteiger partial charge is 0.244 e. The van der Waals surface area contributed by atoms with Gasteiger partial charge in [0, 0.05) is 17.0 Å². The van der Waals surface area contributed by atoms with Gasteiger partial charge in [0.05, 0.1) is 16.8 Å². The zero-order valence-corrected chi connectivity index (χ0v) is 21.2. The number of benzene rings is 3. The van der Waals surface area contributed by atoms with Crippen LogP contribution in [0.4, 0.5) is 10.8 Å². The van der Waals surface area contributed by atoms with Gasteiger partial charge in [0.1, 0.15) is 11.0 Å². The highest BCUT2D eigenvalue weighted by Gasteiger charge is 2.23. The average Bonchev–Trinajstić information content (AvgIpc) is 3.26. The number of fused-ring (bicyclic) bond motifs is 1. The van der Waals surface area contributed by atoms with E-state index < -0.39 is 5.25 Å². The predicted octanol–water partition coefficient (Wildman–Crippen LogP) is 6.91. The fourth-order valence-electron chi connectivity index (χ4n) is 3.49. The quantitative estimate of drug-likeness (QED) is 0.229. The summed E-state index contributed by atoms with van der Waals surface area (Å²) in [7, 11) is 0. The molecule has 0 saturated heterocycles. The fraction of sp³-hybridized carbons (Fsp3) is 0.222. The molecule has 0 radical (unpaired) electrons. The Morgan fingerprint density at radius 3 is 2.49 bits per heavy atom. The molecular formula is C27H27N3O3S2. The summed E-state index contributed by atoms with van der Waals surface area (Å²) in [5, 5.41) is 5.98. The molecule has 1 unspecified atom stereocenters. The first-order valence-corrected chi connectivity index (χ1v) is 13.2. The van der Waals surface area contributed by atoms with Crippen LogP contribution in [-0.2, 0) is 9.59 Å².